The Kier molecular flexibility index (Phi) is 2.81. The van der Waals surface area contributed by atoms with E-state index in [1.54, 1.807) is 15.6 Å². The topological polar surface area (TPSA) is 52.6 Å². The molecule has 4 nitrogen and oxygen atoms in total. The third-order valence-corrected chi connectivity index (χ3v) is 6.74. The van der Waals surface area contributed by atoms with E-state index < -0.39 is 21.6 Å². The number of amides is 1. The zero-order chi connectivity index (χ0) is 14.0. The largest absolute Gasteiger partial charge is 0.592 e. The number of aryl methyl sites for hydroxylation is 1. The summed E-state index contributed by atoms with van der Waals surface area (Å²) in [7, 11) is 0. The van der Waals surface area contributed by atoms with Crippen LogP contribution in [-0.2, 0) is 21.6 Å². The van der Waals surface area contributed by atoms with Crippen LogP contribution in [0.2, 0.25) is 0 Å². The molecular weight excluding hydrogens is 282 g/mol. The highest BCUT2D eigenvalue weighted by Crippen LogP contribution is 2.51. The fraction of sp³-hybridized carbons (Fsp3) is 0.615. The Morgan fingerprint density at radius 2 is 2.11 bits per heavy atom. The van der Waals surface area contributed by atoms with Gasteiger partial charge in [-0.3, -0.25) is 4.79 Å². The van der Waals surface area contributed by atoms with Crippen molar-refractivity contribution in [3.63, 3.8) is 0 Å². The van der Waals surface area contributed by atoms with Crippen LogP contribution < -0.4 is 0 Å². The van der Waals surface area contributed by atoms with Gasteiger partial charge in [0.25, 0.3) is 5.91 Å². The molecule has 0 bridgehead atoms. The van der Waals surface area contributed by atoms with Crippen LogP contribution in [0.1, 0.15) is 41.6 Å². The number of thiophene rings is 1. The normalized spacial score (nSPS) is 22.6. The lowest BCUT2D eigenvalue weighted by Crippen LogP contribution is -2.61. The van der Waals surface area contributed by atoms with E-state index in [1.807, 2.05) is 33.1 Å². The van der Waals surface area contributed by atoms with E-state index in [0.717, 1.165) is 16.0 Å². The van der Waals surface area contributed by atoms with Gasteiger partial charge in [0, 0.05) is 0 Å². The summed E-state index contributed by atoms with van der Waals surface area (Å²) in [6.45, 7) is 8.51. The molecule has 0 N–H and O–H groups in total. The summed E-state index contributed by atoms with van der Waals surface area (Å²) >= 11 is 0.217. The van der Waals surface area contributed by atoms with Crippen molar-refractivity contribution in [2.45, 2.75) is 38.0 Å². The van der Waals surface area contributed by atoms with E-state index in [0.29, 0.717) is 13.2 Å². The van der Waals surface area contributed by atoms with Crippen LogP contribution in [-0.4, -0.2) is 32.7 Å². The van der Waals surface area contributed by atoms with Crippen LogP contribution in [0.15, 0.2) is 5.38 Å². The first kappa shape index (κ1) is 13.4. The van der Waals surface area contributed by atoms with Crippen LogP contribution in [0.4, 0.5) is 0 Å². The third-order valence-electron chi connectivity index (χ3n) is 3.56. The molecule has 1 spiro atoms. The molecule has 2 aliphatic rings. The molecule has 1 saturated heterocycles. The van der Waals surface area contributed by atoms with Gasteiger partial charge in [-0.05, 0) is 38.6 Å². The highest BCUT2D eigenvalue weighted by molar-refractivity contribution is 7.91. The van der Waals surface area contributed by atoms with E-state index in [4.69, 9.17) is 4.74 Å². The molecule has 0 radical (unpaired) electrons. The van der Waals surface area contributed by atoms with E-state index in [2.05, 4.69) is 0 Å². The molecule has 0 saturated carbocycles. The van der Waals surface area contributed by atoms with Crippen molar-refractivity contribution in [1.82, 2.24) is 4.31 Å². The molecule has 1 aromatic heterocycles. The van der Waals surface area contributed by atoms with Crippen molar-refractivity contribution in [2.75, 3.05) is 13.2 Å². The number of fused-ring (bicyclic) bond motifs is 2. The number of carbonyl (C=O) groups is 1. The fourth-order valence-corrected chi connectivity index (χ4v) is 5.06. The van der Waals surface area contributed by atoms with Gasteiger partial charge in [0.2, 0.25) is 0 Å². The predicted octanol–water partition coefficient (Wildman–Crippen LogP) is 2.20. The second-order valence-corrected chi connectivity index (χ2v) is 9.08. The summed E-state index contributed by atoms with van der Waals surface area (Å²) in [5.41, 5.74) is 1.24. The molecule has 1 atom stereocenters. The number of rotatable bonds is 1. The molecule has 0 aliphatic carbocycles. The average Bonchev–Trinajstić information content (AvgIpc) is 2.73. The van der Waals surface area contributed by atoms with Gasteiger partial charge >= 0.3 is 0 Å². The van der Waals surface area contributed by atoms with Gasteiger partial charge < -0.3 is 9.29 Å². The molecule has 1 aromatic rings. The predicted molar refractivity (Wildman–Crippen MR) is 75.6 cm³/mol. The van der Waals surface area contributed by atoms with Gasteiger partial charge in [-0.2, -0.15) is 0 Å². The SMILES string of the molecule is Cc1csc2c1C(=O)N([S+]([O-])C(C)(C)C)C21COC1. The van der Waals surface area contributed by atoms with Gasteiger partial charge in [0.15, 0.2) is 5.54 Å². The van der Waals surface area contributed by atoms with Crippen molar-refractivity contribution < 1.29 is 14.1 Å². The van der Waals surface area contributed by atoms with E-state index >= 15 is 0 Å². The highest BCUT2D eigenvalue weighted by atomic mass is 32.2. The minimum absolute atomic E-state index is 0.106. The van der Waals surface area contributed by atoms with Gasteiger partial charge in [-0.25, -0.2) is 0 Å². The summed E-state index contributed by atoms with van der Waals surface area (Å²) in [4.78, 5) is 13.7. The third kappa shape index (κ3) is 1.63. The molecule has 1 fully saturated rings. The lowest BCUT2D eigenvalue weighted by Gasteiger charge is -2.45. The number of nitrogens with zero attached hydrogens (tertiary/aromatic N) is 1. The Morgan fingerprint density at radius 3 is 2.58 bits per heavy atom. The van der Waals surface area contributed by atoms with Crippen LogP contribution in [0.3, 0.4) is 0 Å². The van der Waals surface area contributed by atoms with Gasteiger partial charge in [0.1, 0.15) is 4.75 Å². The Morgan fingerprint density at radius 1 is 1.47 bits per heavy atom. The van der Waals surface area contributed by atoms with Crippen molar-refractivity contribution in [1.29, 1.82) is 0 Å². The van der Waals surface area contributed by atoms with E-state index in [9.17, 15) is 9.35 Å². The molecule has 1 unspecified atom stereocenters. The minimum Gasteiger partial charge on any atom is -0.592 e. The monoisotopic (exact) mass is 299 g/mol. The first-order chi connectivity index (χ1) is 8.79. The summed E-state index contributed by atoms with van der Waals surface area (Å²) in [6, 6.07) is 0. The maximum Gasteiger partial charge on any atom is 0.297 e. The van der Waals surface area contributed by atoms with Gasteiger partial charge in [-0.15, -0.1) is 15.6 Å². The lowest BCUT2D eigenvalue weighted by molar-refractivity contribution is -0.0990. The Balaban J connectivity index is 2.10. The minimum atomic E-state index is -1.36. The number of ether oxygens (including phenoxy) is 1. The standard InChI is InChI=1S/C13H17NO3S2/c1-8-5-18-10-9(8)11(15)14(13(10)6-17-7-13)19(16)12(2,3)4/h5H,6-7H2,1-4H3. The van der Waals surface area contributed by atoms with Crippen molar-refractivity contribution in [3.05, 3.63) is 21.4 Å². The first-order valence-corrected chi connectivity index (χ1v) is 8.20. The summed E-state index contributed by atoms with van der Waals surface area (Å²) in [6.07, 6.45) is 0. The molecule has 3 heterocycles. The van der Waals surface area contributed by atoms with Crippen molar-refractivity contribution in [3.8, 4) is 0 Å². The highest BCUT2D eigenvalue weighted by Gasteiger charge is 2.63. The number of hydrogen-bond donors (Lipinski definition) is 0. The first-order valence-electron chi connectivity index (χ1n) is 6.22. The second-order valence-electron chi connectivity index (χ2n) is 6.11. The summed E-state index contributed by atoms with van der Waals surface area (Å²) < 4.78 is 19.2. The van der Waals surface area contributed by atoms with E-state index in [1.165, 1.54) is 0 Å². The average molecular weight is 299 g/mol. The molecule has 3 rings (SSSR count). The van der Waals surface area contributed by atoms with Crippen LogP contribution in [0.25, 0.3) is 0 Å². The zero-order valence-electron chi connectivity index (χ0n) is 11.5. The Labute approximate surface area is 120 Å². The van der Waals surface area contributed by atoms with Crippen LogP contribution in [0.5, 0.6) is 0 Å². The fourth-order valence-electron chi connectivity index (χ4n) is 2.49. The smallest absolute Gasteiger partial charge is 0.297 e. The van der Waals surface area contributed by atoms with Crippen LogP contribution >= 0.6 is 11.3 Å². The Hall–Kier alpha value is -0.560. The van der Waals surface area contributed by atoms with Gasteiger partial charge in [-0.1, -0.05) is 0 Å². The zero-order valence-corrected chi connectivity index (χ0v) is 13.1. The quantitative estimate of drug-likeness (QED) is 0.747. The molecule has 6 heteroatoms. The molecule has 2 aliphatic heterocycles. The molecule has 0 aromatic carbocycles. The van der Waals surface area contributed by atoms with Crippen molar-refractivity contribution in [2.24, 2.45) is 0 Å². The number of carbonyl (C=O) groups excluding carboxylic acids is 1. The summed E-state index contributed by atoms with van der Waals surface area (Å²) in [5.74, 6) is -0.106. The van der Waals surface area contributed by atoms with Crippen LogP contribution in [0, 0.1) is 6.92 Å². The van der Waals surface area contributed by atoms with E-state index in [-0.39, 0.29) is 5.91 Å². The Bertz CT molecular complexity index is 543. The molecular formula is C13H17NO3S2. The molecule has 104 valence electrons. The maximum absolute atomic E-state index is 12.7. The molecule has 19 heavy (non-hydrogen) atoms. The van der Waals surface area contributed by atoms with Crippen molar-refractivity contribution >= 4 is 28.6 Å². The molecule has 1 amide bonds. The maximum atomic E-state index is 12.7. The second kappa shape index (κ2) is 3.97. The summed E-state index contributed by atoms with van der Waals surface area (Å²) in [5, 5.41) is 2.00. The number of hydrogen-bond acceptors (Lipinski definition) is 4. The lowest BCUT2D eigenvalue weighted by atomic mass is 9.96. The van der Waals surface area contributed by atoms with Gasteiger partial charge in [0.05, 0.1) is 35.0 Å².